The zero-order valence-corrected chi connectivity index (χ0v) is 17.3. The first-order valence-electron chi connectivity index (χ1n) is 8.69. The van der Waals surface area contributed by atoms with Gasteiger partial charge in [0.1, 0.15) is 23.2 Å². The molecule has 32 heavy (non-hydrogen) atoms. The van der Waals surface area contributed by atoms with E-state index in [9.17, 15) is 25.0 Å². The van der Waals surface area contributed by atoms with E-state index in [1.165, 1.54) is 24.3 Å². The number of anilines is 1. The minimum absolute atomic E-state index is 0.0799. The molecule has 1 amide bonds. The number of non-ortho nitro benzene ring substituents is 1. The average molecular weight is 472 g/mol. The monoisotopic (exact) mass is 471 g/mol. The number of nitrogens with zero attached hydrogens (tertiary/aromatic N) is 2. The van der Waals surface area contributed by atoms with Gasteiger partial charge in [0.15, 0.2) is 0 Å². The number of nitro groups is 1. The number of nitro benzene ring substituents is 1. The van der Waals surface area contributed by atoms with Crippen molar-refractivity contribution in [1.82, 2.24) is 0 Å². The van der Waals surface area contributed by atoms with Crippen molar-refractivity contribution in [2.75, 3.05) is 5.32 Å². The van der Waals surface area contributed by atoms with E-state index in [2.05, 4.69) is 5.32 Å². The Balaban J connectivity index is 1.82. The zero-order chi connectivity index (χ0) is 23.4. The number of halogens is 2. The largest absolute Gasteiger partial charge is 0.478 e. The second-order valence-electron chi connectivity index (χ2n) is 6.25. The van der Waals surface area contributed by atoms with Crippen LogP contribution >= 0.6 is 23.2 Å². The maximum Gasteiger partial charge on any atom is 0.335 e. The van der Waals surface area contributed by atoms with Gasteiger partial charge in [0.25, 0.3) is 11.6 Å². The van der Waals surface area contributed by atoms with Crippen molar-refractivity contribution in [3.8, 4) is 17.4 Å². The molecule has 3 aromatic rings. The molecule has 0 bridgehead atoms. The molecule has 0 spiro atoms. The summed E-state index contributed by atoms with van der Waals surface area (Å²) in [5.74, 6) is -1.33. The van der Waals surface area contributed by atoms with E-state index >= 15 is 0 Å². The summed E-state index contributed by atoms with van der Waals surface area (Å²) in [6.45, 7) is 0. The summed E-state index contributed by atoms with van der Waals surface area (Å²) < 4.78 is 5.61. The summed E-state index contributed by atoms with van der Waals surface area (Å²) in [7, 11) is 0. The van der Waals surface area contributed by atoms with Gasteiger partial charge in [0.05, 0.1) is 26.2 Å². The van der Waals surface area contributed by atoms with Crippen LogP contribution in [0.15, 0.2) is 58.5 Å². The van der Waals surface area contributed by atoms with Crippen molar-refractivity contribution in [1.29, 1.82) is 5.26 Å². The zero-order valence-electron chi connectivity index (χ0n) is 15.8. The quantitative estimate of drug-likeness (QED) is 0.211. The first-order chi connectivity index (χ1) is 15.2. The lowest BCUT2D eigenvalue weighted by Gasteiger charge is -2.08. The van der Waals surface area contributed by atoms with Crippen LogP contribution in [0.25, 0.3) is 17.4 Å². The first-order valence-corrected chi connectivity index (χ1v) is 9.45. The van der Waals surface area contributed by atoms with E-state index in [4.69, 9.17) is 32.7 Å². The number of amides is 1. The van der Waals surface area contributed by atoms with E-state index in [0.29, 0.717) is 11.3 Å². The van der Waals surface area contributed by atoms with Crippen molar-refractivity contribution < 1.29 is 24.0 Å². The summed E-state index contributed by atoms with van der Waals surface area (Å²) in [5.41, 5.74) is -0.0515. The molecule has 1 aromatic heterocycles. The van der Waals surface area contributed by atoms with E-state index in [1.54, 1.807) is 24.3 Å². The summed E-state index contributed by atoms with van der Waals surface area (Å²) in [5, 5.41) is 31.2. The number of benzene rings is 2. The third kappa shape index (κ3) is 4.95. The third-order valence-corrected chi connectivity index (χ3v) is 4.77. The molecule has 2 N–H and O–H groups in total. The van der Waals surface area contributed by atoms with Crippen molar-refractivity contribution in [2.45, 2.75) is 0 Å². The predicted molar refractivity (Wildman–Crippen MR) is 116 cm³/mol. The van der Waals surface area contributed by atoms with Crippen LogP contribution in [0.2, 0.25) is 10.0 Å². The van der Waals surface area contributed by atoms with Crippen LogP contribution < -0.4 is 5.32 Å². The van der Waals surface area contributed by atoms with Gasteiger partial charge < -0.3 is 14.8 Å². The fourth-order valence-corrected chi connectivity index (χ4v) is 3.19. The van der Waals surface area contributed by atoms with Crippen LogP contribution in [-0.2, 0) is 4.79 Å². The molecule has 3 rings (SSSR count). The molecule has 2 aromatic carbocycles. The Bertz CT molecular complexity index is 1280. The van der Waals surface area contributed by atoms with Gasteiger partial charge in [-0.05, 0) is 24.3 Å². The number of rotatable bonds is 6. The number of carbonyl (C=O) groups is 2. The minimum atomic E-state index is -1.06. The normalized spacial score (nSPS) is 11.0. The number of hydrogen-bond acceptors (Lipinski definition) is 6. The topological polar surface area (TPSA) is 146 Å². The number of furan rings is 1. The maximum atomic E-state index is 12.5. The molecule has 9 nitrogen and oxygen atoms in total. The van der Waals surface area contributed by atoms with E-state index in [1.807, 2.05) is 0 Å². The summed E-state index contributed by atoms with van der Waals surface area (Å²) in [4.78, 5) is 33.6. The number of hydrogen-bond donors (Lipinski definition) is 2. The Morgan fingerprint density at radius 2 is 1.75 bits per heavy atom. The number of carboxylic acid groups (broad SMARTS) is 1. The lowest BCUT2D eigenvalue weighted by molar-refractivity contribution is -0.384. The second kappa shape index (κ2) is 9.34. The third-order valence-electron chi connectivity index (χ3n) is 4.17. The predicted octanol–water partition coefficient (Wildman–Crippen LogP) is 5.41. The Kier molecular flexibility index (Phi) is 6.59. The van der Waals surface area contributed by atoms with Crippen LogP contribution in [0.5, 0.6) is 0 Å². The molecule has 0 saturated heterocycles. The fourth-order valence-electron chi connectivity index (χ4n) is 2.62. The SMILES string of the molecule is N#C/C(=C\c1ccc(-c2ccc(C(=O)O)cc2)o1)C(=O)Nc1c(Cl)cc([N+](=O)[O-])cc1Cl. The van der Waals surface area contributed by atoms with E-state index in [-0.39, 0.29) is 38.3 Å². The lowest BCUT2D eigenvalue weighted by Crippen LogP contribution is -2.14. The number of aromatic carboxylic acids is 1. The highest BCUT2D eigenvalue weighted by molar-refractivity contribution is 6.40. The molecule has 0 aliphatic carbocycles. The minimum Gasteiger partial charge on any atom is -0.478 e. The van der Waals surface area contributed by atoms with Gasteiger partial charge in [0.2, 0.25) is 0 Å². The number of carboxylic acids is 1. The Labute approximate surface area is 190 Å². The van der Waals surface area contributed by atoms with Gasteiger partial charge in [-0.25, -0.2) is 4.79 Å². The Hall–Kier alpha value is -4.13. The standard InChI is InChI=1S/C21H11Cl2N3O6/c22-16-8-14(26(30)31)9-17(23)19(16)25-20(27)13(10-24)7-15-5-6-18(32-15)11-1-3-12(4-2-11)21(28)29/h1-9H,(H,25,27)(H,28,29)/b13-7+. The Morgan fingerprint density at radius 3 is 2.28 bits per heavy atom. The van der Waals surface area contributed by atoms with Crippen LogP contribution in [0.4, 0.5) is 11.4 Å². The Morgan fingerprint density at radius 1 is 1.12 bits per heavy atom. The summed E-state index contributed by atoms with van der Waals surface area (Å²) in [6, 6.07) is 12.9. The van der Waals surface area contributed by atoms with Gasteiger partial charge >= 0.3 is 5.97 Å². The summed E-state index contributed by atoms with van der Waals surface area (Å²) >= 11 is 11.9. The van der Waals surface area contributed by atoms with Gasteiger partial charge in [-0.2, -0.15) is 5.26 Å². The lowest BCUT2D eigenvalue weighted by atomic mass is 10.1. The second-order valence-corrected chi connectivity index (χ2v) is 7.06. The maximum absolute atomic E-state index is 12.5. The van der Waals surface area contributed by atoms with E-state index in [0.717, 1.165) is 12.1 Å². The van der Waals surface area contributed by atoms with Crippen molar-refractivity contribution in [2.24, 2.45) is 0 Å². The highest BCUT2D eigenvalue weighted by Gasteiger charge is 2.19. The molecular formula is C21H11Cl2N3O6. The molecule has 0 radical (unpaired) electrons. The van der Waals surface area contributed by atoms with Gasteiger partial charge in [-0.1, -0.05) is 35.3 Å². The molecule has 11 heteroatoms. The molecule has 0 aliphatic rings. The van der Waals surface area contributed by atoms with Gasteiger partial charge in [-0.15, -0.1) is 0 Å². The highest BCUT2D eigenvalue weighted by Crippen LogP contribution is 2.35. The molecule has 1 heterocycles. The van der Waals surface area contributed by atoms with Gasteiger partial charge in [0, 0.05) is 23.8 Å². The number of nitriles is 1. The molecule has 160 valence electrons. The van der Waals surface area contributed by atoms with Crippen molar-refractivity contribution in [3.63, 3.8) is 0 Å². The molecule has 0 fully saturated rings. The number of nitrogens with one attached hydrogen (secondary N) is 1. The average Bonchev–Trinajstić information content (AvgIpc) is 3.22. The molecule has 0 unspecified atom stereocenters. The highest BCUT2D eigenvalue weighted by atomic mass is 35.5. The first kappa shape index (κ1) is 22.6. The summed E-state index contributed by atoms with van der Waals surface area (Å²) in [6.07, 6.45) is 1.19. The molecular weight excluding hydrogens is 461 g/mol. The van der Waals surface area contributed by atoms with Gasteiger partial charge in [-0.3, -0.25) is 14.9 Å². The van der Waals surface area contributed by atoms with E-state index < -0.39 is 16.8 Å². The molecule has 0 aliphatic heterocycles. The molecule has 0 saturated carbocycles. The van der Waals surface area contributed by atoms with Crippen molar-refractivity contribution in [3.05, 3.63) is 85.6 Å². The van der Waals surface area contributed by atoms with Crippen LogP contribution in [0.1, 0.15) is 16.1 Å². The fraction of sp³-hybridized carbons (Fsp3) is 0. The number of carbonyl (C=O) groups excluding carboxylic acids is 1. The van der Waals surface area contributed by atoms with Crippen LogP contribution in [-0.4, -0.2) is 21.9 Å². The van der Waals surface area contributed by atoms with Crippen LogP contribution in [0.3, 0.4) is 0 Å². The van der Waals surface area contributed by atoms with Crippen LogP contribution in [0, 0.1) is 21.4 Å². The smallest absolute Gasteiger partial charge is 0.335 e. The molecule has 0 atom stereocenters. The van der Waals surface area contributed by atoms with Crippen molar-refractivity contribution >= 4 is 52.5 Å².